The van der Waals surface area contributed by atoms with Gasteiger partial charge in [-0.25, -0.2) is 0 Å². The Morgan fingerprint density at radius 3 is 3.05 bits per heavy atom. The summed E-state index contributed by atoms with van der Waals surface area (Å²) in [6.07, 6.45) is 1.60. The number of aliphatic hydroxyl groups is 1. The topological polar surface area (TPSA) is 56.3 Å². The molecule has 1 atom stereocenters. The number of fused-ring (bicyclic) bond motifs is 1. The van der Waals surface area contributed by atoms with E-state index in [9.17, 15) is 9.90 Å². The maximum Gasteiger partial charge on any atom is 0.252 e. The molecule has 3 rings (SSSR count). The highest BCUT2D eigenvalue weighted by molar-refractivity contribution is 5.79. The average Bonchev–Trinajstić information content (AvgIpc) is 2.40. The van der Waals surface area contributed by atoms with Crippen molar-refractivity contribution in [2.45, 2.75) is 32.4 Å². The van der Waals surface area contributed by atoms with Crippen molar-refractivity contribution < 1.29 is 5.11 Å². The lowest BCUT2D eigenvalue weighted by Crippen LogP contribution is -2.38. The van der Waals surface area contributed by atoms with Crippen LogP contribution in [0.3, 0.4) is 0 Å². The van der Waals surface area contributed by atoms with Crippen molar-refractivity contribution in [1.29, 1.82) is 0 Å². The van der Waals surface area contributed by atoms with E-state index in [0.717, 1.165) is 41.4 Å². The van der Waals surface area contributed by atoms with Crippen LogP contribution in [0.1, 0.15) is 24.0 Å². The largest absolute Gasteiger partial charge is 0.392 e. The lowest BCUT2D eigenvalue weighted by atomic mass is 10.1. The van der Waals surface area contributed by atoms with Crippen LogP contribution in [-0.2, 0) is 6.54 Å². The van der Waals surface area contributed by atoms with Gasteiger partial charge in [-0.3, -0.25) is 9.69 Å². The Hall–Kier alpha value is -1.65. The zero-order valence-corrected chi connectivity index (χ0v) is 11.7. The number of rotatable bonds is 2. The molecule has 2 N–H and O–H groups in total. The van der Waals surface area contributed by atoms with Gasteiger partial charge in [-0.05, 0) is 49.4 Å². The first kappa shape index (κ1) is 13.3. The van der Waals surface area contributed by atoms with Crippen LogP contribution in [0.25, 0.3) is 10.9 Å². The number of likely N-dealkylation sites (tertiary alicyclic amines) is 1. The van der Waals surface area contributed by atoms with Crippen LogP contribution < -0.4 is 5.56 Å². The van der Waals surface area contributed by atoms with Crippen LogP contribution in [-0.4, -0.2) is 34.2 Å². The van der Waals surface area contributed by atoms with Gasteiger partial charge in [0.25, 0.3) is 5.56 Å². The molecule has 4 nitrogen and oxygen atoms in total. The van der Waals surface area contributed by atoms with Crippen molar-refractivity contribution in [2.75, 3.05) is 13.1 Å². The fourth-order valence-electron chi connectivity index (χ4n) is 2.89. The molecule has 1 fully saturated rings. The van der Waals surface area contributed by atoms with E-state index in [2.05, 4.69) is 16.0 Å². The number of hydrogen-bond donors (Lipinski definition) is 2. The van der Waals surface area contributed by atoms with Gasteiger partial charge in [0.15, 0.2) is 0 Å². The first-order valence-electron chi connectivity index (χ1n) is 7.15. The van der Waals surface area contributed by atoms with Crippen LogP contribution in [0.2, 0.25) is 0 Å². The summed E-state index contributed by atoms with van der Waals surface area (Å²) in [7, 11) is 0. The van der Waals surface area contributed by atoms with E-state index in [1.165, 1.54) is 0 Å². The molecule has 0 aliphatic carbocycles. The van der Waals surface area contributed by atoms with Gasteiger partial charge >= 0.3 is 0 Å². The molecule has 1 aromatic carbocycles. The van der Waals surface area contributed by atoms with Crippen molar-refractivity contribution in [3.8, 4) is 0 Å². The summed E-state index contributed by atoms with van der Waals surface area (Å²) < 4.78 is 0. The van der Waals surface area contributed by atoms with Gasteiger partial charge in [0.05, 0.1) is 6.10 Å². The molecular weight excluding hydrogens is 252 g/mol. The third-order valence-corrected chi connectivity index (χ3v) is 3.95. The maximum absolute atomic E-state index is 12.2. The molecule has 2 heterocycles. The smallest absolute Gasteiger partial charge is 0.252 e. The minimum Gasteiger partial charge on any atom is -0.392 e. The number of nitrogens with one attached hydrogen (secondary N) is 1. The fourth-order valence-corrected chi connectivity index (χ4v) is 2.89. The molecular formula is C16H20N2O2. The first-order chi connectivity index (χ1) is 9.61. The number of aromatic amines is 1. The minimum atomic E-state index is -0.258. The number of H-pyrrole nitrogens is 1. The summed E-state index contributed by atoms with van der Waals surface area (Å²) in [5.74, 6) is 0. The molecule has 1 aliphatic rings. The average molecular weight is 272 g/mol. The van der Waals surface area contributed by atoms with Crippen LogP contribution in [0.4, 0.5) is 0 Å². The van der Waals surface area contributed by atoms with Crippen LogP contribution >= 0.6 is 0 Å². The monoisotopic (exact) mass is 272 g/mol. The Morgan fingerprint density at radius 1 is 1.40 bits per heavy atom. The van der Waals surface area contributed by atoms with E-state index in [-0.39, 0.29) is 11.7 Å². The zero-order chi connectivity index (χ0) is 14.1. The number of benzene rings is 1. The standard InChI is InChI=1S/C16H20N2O2/c1-11-4-5-12-8-13(16(20)17-15(12)7-11)9-18-6-2-3-14(19)10-18/h4-5,7-8,14,19H,2-3,6,9-10H2,1H3,(H,17,20)/t14-/m1/s1. The Morgan fingerprint density at radius 2 is 2.25 bits per heavy atom. The van der Waals surface area contributed by atoms with Crippen LogP contribution in [0, 0.1) is 6.92 Å². The van der Waals surface area contributed by atoms with Crippen molar-refractivity contribution in [2.24, 2.45) is 0 Å². The quantitative estimate of drug-likeness (QED) is 0.876. The predicted molar refractivity (Wildman–Crippen MR) is 79.8 cm³/mol. The number of piperidine rings is 1. The Labute approximate surface area is 118 Å². The Balaban J connectivity index is 1.89. The van der Waals surface area contributed by atoms with Crippen molar-refractivity contribution in [3.63, 3.8) is 0 Å². The minimum absolute atomic E-state index is 0.0248. The van der Waals surface area contributed by atoms with E-state index in [4.69, 9.17) is 0 Å². The third-order valence-electron chi connectivity index (χ3n) is 3.95. The number of hydrogen-bond acceptors (Lipinski definition) is 3. The van der Waals surface area contributed by atoms with E-state index in [1.54, 1.807) is 0 Å². The Kier molecular flexibility index (Phi) is 3.59. The second-order valence-corrected chi connectivity index (χ2v) is 5.75. The summed E-state index contributed by atoms with van der Waals surface area (Å²) in [6, 6.07) is 8.05. The molecule has 4 heteroatoms. The number of nitrogens with zero attached hydrogens (tertiary/aromatic N) is 1. The Bertz CT molecular complexity index is 678. The van der Waals surface area contributed by atoms with Gasteiger partial charge < -0.3 is 10.1 Å². The summed E-state index contributed by atoms with van der Waals surface area (Å²) in [5.41, 5.74) is 2.77. The summed E-state index contributed by atoms with van der Waals surface area (Å²) in [4.78, 5) is 17.3. The van der Waals surface area contributed by atoms with E-state index in [1.807, 2.05) is 25.1 Å². The summed E-state index contributed by atoms with van der Waals surface area (Å²) in [6.45, 7) is 4.23. The number of aliphatic hydroxyl groups excluding tert-OH is 1. The highest BCUT2D eigenvalue weighted by Crippen LogP contribution is 2.16. The van der Waals surface area contributed by atoms with Crippen molar-refractivity contribution >= 4 is 10.9 Å². The normalized spacial score (nSPS) is 20.4. The lowest BCUT2D eigenvalue weighted by molar-refractivity contribution is 0.0666. The van der Waals surface area contributed by atoms with E-state index in [0.29, 0.717) is 13.1 Å². The number of aromatic nitrogens is 1. The molecule has 0 amide bonds. The van der Waals surface area contributed by atoms with Gasteiger partial charge in [-0.15, -0.1) is 0 Å². The van der Waals surface area contributed by atoms with Gasteiger partial charge in [0.2, 0.25) is 0 Å². The molecule has 0 unspecified atom stereocenters. The van der Waals surface area contributed by atoms with Crippen molar-refractivity contribution in [1.82, 2.24) is 9.88 Å². The first-order valence-corrected chi connectivity index (χ1v) is 7.15. The van der Waals surface area contributed by atoms with Crippen LogP contribution in [0.15, 0.2) is 29.1 Å². The molecule has 1 aliphatic heterocycles. The highest BCUT2D eigenvalue weighted by atomic mass is 16.3. The van der Waals surface area contributed by atoms with Gasteiger partial charge in [-0.2, -0.15) is 0 Å². The molecule has 0 bridgehead atoms. The zero-order valence-electron chi connectivity index (χ0n) is 11.7. The molecule has 0 saturated carbocycles. The molecule has 20 heavy (non-hydrogen) atoms. The van der Waals surface area contributed by atoms with Gasteiger partial charge in [0.1, 0.15) is 0 Å². The molecule has 2 aromatic rings. The molecule has 1 aromatic heterocycles. The van der Waals surface area contributed by atoms with Gasteiger partial charge in [0, 0.05) is 24.2 Å². The SMILES string of the molecule is Cc1ccc2cc(CN3CCC[C@@H](O)C3)c(=O)[nH]c2c1. The number of β-amino-alcohol motifs (C(OH)–C–C–N with tert-alkyl or cyclic N) is 1. The lowest BCUT2D eigenvalue weighted by Gasteiger charge is -2.29. The molecule has 106 valence electrons. The second kappa shape index (κ2) is 5.38. The number of aryl methyl sites for hydroxylation is 1. The second-order valence-electron chi connectivity index (χ2n) is 5.75. The number of pyridine rings is 1. The van der Waals surface area contributed by atoms with E-state index >= 15 is 0 Å². The maximum atomic E-state index is 12.2. The highest BCUT2D eigenvalue weighted by Gasteiger charge is 2.18. The summed E-state index contributed by atoms with van der Waals surface area (Å²) >= 11 is 0. The molecule has 0 spiro atoms. The predicted octanol–water partition coefficient (Wildman–Crippen LogP) is 1.79. The van der Waals surface area contributed by atoms with Crippen molar-refractivity contribution in [3.05, 3.63) is 45.7 Å². The van der Waals surface area contributed by atoms with Gasteiger partial charge in [-0.1, -0.05) is 12.1 Å². The van der Waals surface area contributed by atoms with E-state index < -0.39 is 0 Å². The summed E-state index contributed by atoms with van der Waals surface area (Å²) in [5, 5.41) is 10.8. The molecule has 1 saturated heterocycles. The fraction of sp³-hybridized carbons (Fsp3) is 0.438. The van der Waals surface area contributed by atoms with Crippen LogP contribution in [0.5, 0.6) is 0 Å². The molecule has 0 radical (unpaired) electrons. The third kappa shape index (κ3) is 2.76.